The largest absolute Gasteiger partial charge is 0.493 e. The molecule has 1 aromatic heterocycles. The summed E-state index contributed by atoms with van der Waals surface area (Å²) < 4.78 is 30.1. The van der Waals surface area contributed by atoms with Crippen LogP contribution in [-0.2, 0) is 18.4 Å². The molecule has 8 heteroatoms. The number of hydrogen-bond donors (Lipinski definition) is 2. The second-order valence-electron chi connectivity index (χ2n) is 9.52. The first-order valence-corrected chi connectivity index (χ1v) is 11.9. The van der Waals surface area contributed by atoms with E-state index in [1.807, 2.05) is 6.07 Å². The van der Waals surface area contributed by atoms with Crippen LogP contribution in [0.4, 0.5) is 4.39 Å². The highest BCUT2D eigenvalue weighted by atomic mass is 19.1. The lowest BCUT2D eigenvalue weighted by atomic mass is 9.71. The minimum atomic E-state index is -0.521. The minimum Gasteiger partial charge on any atom is -0.493 e. The maximum absolute atomic E-state index is 13.7. The Balaban J connectivity index is 1.33. The van der Waals surface area contributed by atoms with E-state index in [1.165, 1.54) is 23.3 Å². The SMILES string of the molecule is COc1cc2c(cc1OC)CN(CC(O)CC1(c3noc4cc(F)ccc34)CCNCC1)CC2. The molecule has 2 aromatic carbocycles. The van der Waals surface area contributed by atoms with E-state index in [-0.39, 0.29) is 11.2 Å². The van der Waals surface area contributed by atoms with Gasteiger partial charge in [0.1, 0.15) is 5.82 Å². The summed E-state index contributed by atoms with van der Waals surface area (Å²) in [5.74, 6) is 1.14. The standard InChI is InChI=1S/C26H32FN3O4/c1-32-23-11-17-5-10-30(15-18(17)12-24(23)33-2)16-20(31)14-26(6-8-28-9-7-26)25-21-4-3-19(27)13-22(21)34-29-25/h3-4,11-13,20,28,31H,5-10,14-16H2,1-2H3. The van der Waals surface area contributed by atoms with E-state index in [4.69, 9.17) is 14.0 Å². The normalized spacial score (nSPS) is 19.1. The van der Waals surface area contributed by atoms with Crippen molar-refractivity contribution in [3.63, 3.8) is 0 Å². The van der Waals surface area contributed by atoms with Gasteiger partial charge in [-0.05, 0) is 74.2 Å². The third-order valence-electron chi connectivity index (χ3n) is 7.39. The van der Waals surface area contributed by atoms with Crippen LogP contribution >= 0.6 is 0 Å². The zero-order valence-corrected chi connectivity index (χ0v) is 19.8. The number of halogens is 1. The van der Waals surface area contributed by atoms with E-state index in [0.29, 0.717) is 18.5 Å². The Morgan fingerprint density at radius 2 is 1.88 bits per heavy atom. The number of methoxy groups -OCH3 is 2. The molecule has 7 nitrogen and oxygen atoms in total. The number of benzene rings is 2. The molecule has 1 atom stereocenters. The fourth-order valence-corrected chi connectivity index (χ4v) is 5.65. The van der Waals surface area contributed by atoms with Crippen molar-refractivity contribution in [1.82, 2.24) is 15.4 Å². The van der Waals surface area contributed by atoms with E-state index >= 15 is 0 Å². The summed E-state index contributed by atoms with van der Waals surface area (Å²) in [5.41, 5.74) is 3.46. The highest BCUT2D eigenvalue weighted by Crippen LogP contribution is 2.41. The van der Waals surface area contributed by atoms with Crippen LogP contribution in [0.1, 0.15) is 36.1 Å². The number of aliphatic hydroxyl groups is 1. The molecule has 2 N–H and O–H groups in total. The van der Waals surface area contributed by atoms with E-state index < -0.39 is 6.10 Å². The number of rotatable bonds is 7. The Morgan fingerprint density at radius 1 is 1.15 bits per heavy atom. The van der Waals surface area contributed by atoms with Crippen LogP contribution in [0.25, 0.3) is 11.0 Å². The Kier molecular flexibility index (Phi) is 6.46. The predicted octanol–water partition coefficient (Wildman–Crippen LogP) is 3.41. The van der Waals surface area contributed by atoms with Gasteiger partial charge in [0.15, 0.2) is 17.1 Å². The first-order valence-electron chi connectivity index (χ1n) is 11.9. The Morgan fingerprint density at radius 3 is 2.62 bits per heavy atom. The molecule has 5 rings (SSSR count). The number of piperidine rings is 1. The van der Waals surface area contributed by atoms with E-state index in [2.05, 4.69) is 21.4 Å². The molecular formula is C26H32FN3O4. The first-order chi connectivity index (χ1) is 16.5. The average Bonchev–Trinajstić information content (AvgIpc) is 3.27. The number of aliphatic hydroxyl groups excluding tert-OH is 1. The third-order valence-corrected chi connectivity index (χ3v) is 7.39. The van der Waals surface area contributed by atoms with Crippen LogP contribution in [0.5, 0.6) is 11.5 Å². The van der Waals surface area contributed by atoms with Gasteiger partial charge < -0.3 is 24.4 Å². The van der Waals surface area contributed by atoms with E-state index in [1.54, 1.807) is 20.3 Å². The molecule has 182 valence electrons. The second kappa shape index (κ2) is 9.52. The van der Waals surface area contributed by atoms with E-state index in [9.17, 15) is 9.50 Å². The van der Waals surface area contributed by atoms with Gasteiger partial charge in [0, 0.05) is 36.5 Å². The second-order valence-corrected chi connectivity index (χ2v) is 9.52. The van der Waals surface area contributed by atoms with Crippen LogP contribution in [0, 0.1) is 5.82 Å². The van der Waals surface area contributed by atoms with Crippen LogP contribution in [0.2, 0.25) is 0 Å². The summed E-state index contributed by atoms with van der Waals surface area (Å²) >= 11 is 0. The number of fused-ring (bicyclic) bond motifs is 2. The number of nitrogens with one attached hydrogen (secondary N) is 1. The van der Waals surface area contributed by atoms with Crippen molar-refractivity contribution in [3.05, 3.63) is 53.0 Å². The van der Waals surface area contributed by atoms with Gasteiger partial charge in [-0.15, -0.1) is 0 Å². The Labute approximate surface area is 198 Å². The summed E-state index contributed by atoms with van der Waals surface area (Å²) in [6.45, 7) is 3.91. The van der Waals surface area contributed by atoms with E-state index in [0.717, 1.165) is 68.0 Å². The molecule has 0 amide bonds. The Hall–Kier alpha value is -2.68. The molecule has 0 saturated carbocycles. The molecule has 0 spiro atoms. The van der Waals surface area contributed by atoms with Crippen molar-refractivity contribution >= 4 is 11.0 Å². The quantitative estimate of drug-likeness (QED) is 0.549. The van der Waals surface area contributed by atoms with Gasteiger partial charge in [-0.2, -0.15) is 0 Å². The van der Waals surface area contributed by atoms with Crippen molar-refractivity contribution in [2.24, 2.45) is 0 Å². The Bertz CT molecular complexity index is 1160. The fraction of sp³-hybridized carbons (Fsp3) is 0.500. The van der Waals surface area contributed by atoms with Crippen molar-refractivity contribution in [1.29, 1.82) is 0 Å². The molecule has 2 aliphatic rings. The molecule has 1 fully saturated rings. The lowest BCUT2D eigenvalue weighted by Crippen LogP contribution is -2.45. The van der Waals surface area contributed by atoms with Crippen LogP contribution in [-0.4, -0.2) is 61.7 Å². The molecule has 1 unspecified atom stereocenters. The van der Waals surface area contributed by atoms with Gasteiger partial charge in [-0.25, -0.2) is 4.39 Å². The minimum absolute atomic E-state index is 0.308. The lowest BCUT2D eigenvalue weighted by Gasteiger charge is -2.39. The van der Waals surface area contributed by atoms with Crippen molar-refractivity contribution in [2.45, 2.75) is 43.7 Å². The first kappa shape index (κ1) is 23.1. The van der Waals surface area contributed by atoms with Gasteiger partial charge in [0.2, 0.25) is 0 Å². The van der Waals surface area contributed by atoms with Crippen molar-refractivity contribution in [2.75, 3.05) is 40.4 Å². The smallest absolute Gasteiger partial charge is 0.170 e. The van der Waals surface area contributed by atoms with Crippen LogP contribution in [0.3, 0.4) is 0 Å². The monoisotopic (exact) mass is 469 g/mol. The molecule has 0 aliphatic carbocycles. The number of β-amino-alcohol motifs (C(OH)–C–C–N with tert-alkyl or cyclic N) is 1. The van der Waals surface area contributed by atoms with Gasteiger partial charge in [-0.3, -0.25) is 4.90 Å². The molecular weight excluding hydrogens is 437 g/mol. The highest BCUT2D eigenvalue weighted by molar-refractivity contribution is 5.80. The molecule has 3 aromatic rings. The fourth-order valence-electron chi connectivity index (χ4n) is 5.65. The number of nitrogens with zero attached hydrogens (tertiary/aromatic N) is 2. The lowest BCUT2D eigenvalue weighted by molar-refractivity contribution is 0.0680. The van der Waals surface area contributed by atoms with Gasteiger partial charge in [0.05, 0.1) is 26.0 Å². The summed E-state index contributed by atoms with van der Waals surface area (Å²) in [4.78, 5) is 2.30. The molecule has 2 aliphatic heterocycles. The predicted molar refractivity (Wildman–Crippen MR) is 127 cm³/mol. The number of aromatic nitrogens is 1. The van der Waals surface area contributed by atoms with Crippen molar-refractivity contribution < 1.29 is 23.5 Å². The summed E-state index contributed by atoms with van der Waals surface area (Å²) in [6.07, 6.45) is 2.66. The highest BCUT2D eigenvalue weighted by Gasteiger charge is 2.40. The third kappa shape index (κ3) is 4.37. The molecule has 0 bridgehead atoms. The zero-order chi connectivity index (χ0) is 23.7. The summed E-state index contributed by atoms with van der Waals surface area (Å²) in [5, 5.41) is 19.9. The zero-order valence-electron chi connectivity index (χ0n) is 19.8. The van der Waals surface area contributed by atoms with Gasteiger partial charge in [-0.1, -0.05) is 5.16 Å². The summed E-state index contributed by atoms with van der Waals surface area (Å²) in [6, 6.07) is 8.68. The maximum Gasteiger partial charge on any atom is 0.170 e. The maximum atomic E-state index is 13.7. The van der Waals surface area contributed by atoms with Gasteiger partial charge in [0.25, 0.3) is 0 Å². The van der Waals surface area contributed by atoms with Crippen molar-refractivity contribution in [3.8, 4) is 11.5 Å². The molecule has 1 saturated heterocycles. The summed E-state index contributed by atoms with van der Waals surface area (Å²) in [7, 11) is 3.30. The van der Waals surface area contributed by atoms with Crippen LogP contribution in [0.15, 0.2) is 34.9 Å². The number of hydrogen-bond acceptors (Lipinski definition) is 7. The van der Waals surface area contributed by atoms with Gasteiger partial charge >= 0.3 is 0 Å². The average molecular weight is 470 g/mol. The molecule has 3 heterocycles. The number of ether oxygens (including phenoxy) is 2. The van der Waals surface area contributed by atoms with Crippen LogP contribution < -0.4 is 14.8 Å². The topological polar surface area (TPSA) is 80.0 Å². The molecule has 34 heavy (non-hydrogen) atoms. The molecule has 0 radical (unpaired) electrons.